The van der Waals surface area contributed by atoms with Gasteiger partial charge in [0, 0.05) is 32.7 Å². The van der Waals surface area contributed by atoms with E-state index in [2.05, 4.69) is 5.32 Å². The topological polar surface area (TPSA) is 58.6 Å². The van der Waals surface area contributed by atoms with Crippen molar-refractivity contribution in [1.29, 1.82) is 0 Å². The van der Waals surface area contributed by atoms with Crippen LogP contribution in [0.5, 0.6) is 0 Å². The van der Waals surface area contributed by atoms with Crippen LogP contribution >= 0.6 is 0 Å². The Labute approximate surface area is 107 Å². The lowest BCUT2D eigenvalue weighted by Gasteiger charge is -2.38. The van der Waals surface area contributed by atoms with E-state index in [1.54, 1.807) is 0 Å². The predicted molar refractivity (Wildman–Crippen MR) is 64.8 cm³/mol. The monoisotopic (exact) mass is 252 g/mol. The van der Waals surface area contributed by atoms with E-state index in [0.29, 0.717) is 13.0 Å². The molecule has 0 radical (unpaired) electrons. The zero-order valence-electron chi connectivity index (χ0n) is 10.6. The van der Waals surface area contributed by atoms with Crippen LogP contribution in [-0.4, -0.2) is 49.1 Å². The Balaban J connectivity index is 1.56. The molecule has 5 nitrogen and oxygen atoms in total. The molecule has 3 aliphatic rings. The molecule has 3 fully saturated rings. The van der Waals surface area contributed by atoms with E-state index in [0.717, 1.165) is 45.3 Å². The maximum absolute atomic E-state index is 12.2. The van der Waals surface area contributed by atoms with Gasteiger partial charge in [-0.3, -0.25) is 9.59 Å². The number of hydrogen-bond acceptors (Lipinski definition) is 3. The first-order valence-electron chi connectivity index (χ1n) is 6.86. The van der Waals surface area contributed by atoms with Crippen LogP contribution in [0.2, 0.25) is 0 Å². The second kappa shape index (κ2) is 4.53. The molecule has 3 rings (SSSR count). The smallest absolute Gasteiger partial charge is 0.251 e. The molecular weight excluding hydrogens is 232 g/mol. The molecule has 5 heteroatoms. The summed E-state index contributed by atoms with van der Waals surface area (Å²) in [5.74, 6) is 0.313. The quantitative estimate of drug-likeness (QED) is 0.730. The van der Waals surface area contributed by atoms with Gasteiger partial charge in [-0.25, -0.2) is 0 Å². The van der Waals surface area contributed by atoms with Crippen molar-refractivity contribution in [3.63, 3.8) is 0 Å². The maximum atomic E-state index is 12.2. The highest BCUT2D eigenvalue weighted by atomic mass is 16.5. The number of hydrogen-bond donors (Lipinski definition) is 1. The summed E-state index contributed by atoms with van der Waals surface area (Å²) < 4.78 is 5.44. The van der Waals surface area contributed by atoms with Gasteiger partial charge in [0.15, 0.2) is 0 Å². The Morgan fingerprint density at radius 1 is 1.39 bits per heavy atom. The lowest BCUT2D eigenvalue weighted by molar-refractivity contribution is -0.143. The Morgan fingerprint density at radius 2 is 2.17 bits per heavy atom. The highest BCUT2D eigenvalue weighted by molar-refractivity contribution is 5.82. The highest BCUT2D eigenvalue weighted by Gasteiger charge is 2.42. The van der Waals surface area contributed by atoms with Crippen LogP contribution in [0.4, 0.5) is 0 Å². The number of nitrogens with one attached hydrogen (secondary N) is 1. The Kier molecular flexibility index (Phi) is 3.01. The lowest BCUT2D eigenvalue weighted by atomic mass is 9.77. The number of amides is 2. The van der Waals surface area contributed by atoms with Gasteiger partial charge in [0.05, 0.1) is 0 Å². The molecule has 0 aromatic carbocycles. The molecule has 2 amide bonds. The highest BCUT2D eigenvalue weighted by Crippen LogP contribution is 2.37. The molecular formula is C13H20N2O3. The zero-order chi connectivity index (χ0) is 12.6. The Bertz CT molecular complexity index is 355. The molecule has 100 valence electrons. The summed E-state index contributed by atoms with van der Waals surface area (Å²) in [6, 6.07) is 0. The largest absolute Gasteiger partial charge is 0.368 e. The van der Waals surface area contributed by atoms with Gasteiger partial charge in [0.2, 0.25) is 5.91 Å². The van der Waals surface area contributed by atoms with E-state index in [-0.39, 0.29) is 23.3 Å². The Morgan fingerprint density at radius 3 is 2.72 bits per heavy atom. The summed E-state index contributed by atoms with van der Waals surface area (Å²) in [5, 5.41) is 2.91. The number of carbonyl (C=O) groups excluding carboxylic acids is 2. The van der Waals surface area contributed by atoms with Gasteiger partial charge >= 0.3 is 0 Å². The molecule has 0 saturated carbocycles. The maximum Gasteiger partial charge on any atom is 0.251 e. The van der Waals surface area contributed by atoms with E-state index in [4.69, 9.17) is 4.74 Å². The number of nitrogens with zero attached hydrogens (tertiary/aromatic N) is 1. The number of carbonyl (C=O) groups is 2. The summed E-state index contributed by atoms with van der Waals surface area (Å²) in [6.07, 6.45) is 4.15. The van der Waals surface area contributed by atoms with Crippen LogP contribution in [0, 0.1) is 5.41 Å². The van der Waals surface area contributed by atoms with Crippen molar-refractivity contribution in [3.8, 4) is 0 Å². The fourth-order valence-electron chi connectivity index (χ4n) is 3.28. The second-order valence-corrected chi connectivity index (χ2v) is 5.78. The molecule has 3 aliphatic heterocycles. The minimum absolute atomic E-state index is 0.115. The van der Waals surface area contributed by atoms with Gasteiger partial charge < -0.3 is 15.0 Å². The molecule has 1 N–H and O–H groups in total. The van der Waals surface area contributed by atoms with Crippen LogP contribution in [0.25, 0.3) is 0 Å². The first-order chi connectivity index (χ1) is 8.69. The number of piperidine rings is 1. The molecule has 1 atom stereocenters. The summed E-state index contributed by atoms with van der Waals surface area (Å²) in [6.45, 7) is 3.04. The molecule has 0 aromatic rings. The van der Waals surface area contributed by atoms with Crippen molar-refractivity contribution < 1.29 is 14.3 Å². The molecule has 0 bridgehead atoms. The molecule has 18 heavy (non-hydrogen) atoms. The molecule has 3 heterocycles. The van der Waals surface area contributed by atoms with E-state index < -0.39 is 0 Å². The zero-order valence-corrected chi connectivity index (χ0v) is 10.6. The van der Waals surface area contributed by atoms with Gasteiger partial charge in [0.1, 0.15) is 6.10 Å². The van der Waals surface area contributed by atoms with Gasteiger partial charge in [-0.15, -0.1) is 0 Å². The minimum Gasteiger partial charge on any atom is -0.368 e. The SMILES string of the molecule is O=C1CC2(CCN(C(=O)[C@@H]3CCCO3)CC2)CN1. The lowest BCUT2D eigenvalue weighted by Crippen LogP contribution is -2.47. The number of likely N-dealkylation sites (tertiary alicyclic amines) is 1. The summed E-state index contributed by atoms with van der Waals surface area (Å²) >= 11 is 0. The first kappa shape index (κ1) is 12.0. The number of ether oxygens (including phenoxy) is 1. The van der Waals surface area contributed by atoms with Crippen LogP contribution in [-0.2, 0) is 14.3 Å². The van der Waals surface area contributed by atoms with Crippen molar-refractivity contribution >= 4 is 11.8 Å². The first-order valence-corrected chi connectivity index (χ1v) is 6.86. The van der Waals surface area contributed by atoms with E-state index in [1.807, 2.05) is 4.90 Å². The van der Waals surface area contributed by atoms with Crippen molar-refractivity contribution in [3.05, 3.63) is 0 Å². The molecule has 0 aromatic heterocycles. The summed E-state index contributed by atoms with van der Waals surface area (Å²) in [7, 11) is 0. The van der Waals surface area contributed by atoms with Gasteiger partial charge in [-0.1, -0.05) is 0 Å². The van der Waals surface area contributed by atoms with E-state index in [1.165, 1.54) is 0 Å². The third-order valence-corrected chi connectivity index (χ3v) is 4.54. The van der Waals surface area contributed by atoms with Gasteiger partial charge in [-0.05, 0) is 31.1 Å². The van der Waals surface area contributed by atoms with Crippen molar-refractivity contribution in [1.82, 2.24) is 10.2 Å². The predicted octanol–water partition coefficient (Wildman–Crippen LogP) is 0.294. The van der Waals surface area contributed by atoms with Crippen molar-refractivity contribution in [2.24, 2.45) is 5.41 Å². The fourth-order valence-corrected chi connectivity index (χ4v) is 3.28. The second-order valence-electron chi connectivity index (χ2n) is 5.78. The van der Waals surface area contributed by atoms with Crippen LogP contribution in [0.1, 0.15) is 32.1 Å². The Hall–Kier alpha value is -1.10. The number of rotatable bonds is 1. The molecule has 0 aliphatic carbocycles. The third kappa shape index (κ3) is 2.11. The van der Waals surface area contributed by atoms with Crippen LogP contribution in [0.3, 0.4) is 0 Å². The molecule has 3 saturated heterocycles. The molecule has 1 spiro atoms. The normalized spacial score (nSPS) is 30.8. The van der Waals surface area contributed by atoms with Crippen LogP contribution in [0.15, 0.2) is 0 Å². The van der Waals surface area contributed by atoms with Crippen molar-refractivity contribution in [2.45, 2.75) is 38.2 Å². The minimum atomic E-state index is -0.206. The van der Waals surface area contributed by atoms with Crippen molar-refractivity contribution in [2.75, 3.05) is 26.2 Å². The summed E-state index contributed by atoms with van der Waals surface area (Å²) in [4.78, 5) is 25.4. The van der Waals surface area contributed by atoms with Gasteiger partial charge in [0.25, 0.3) is 5.91 Å². The van der Waals surface area contributed by atoms with E-state index >= 15 is 0 Å². The molecule has 0 unspecified atom stereocenters. The summed E-state index contributed by atoms with van der Waals surface area (Å²) in [5.41, 5.74) is 0.115. The van der Waals surface area contributed by atoms with Gasteiger partial charge in [-0.2, -0.15) is 0 Å². The van der Waals surface area contributed by atoms with E-state index in [9.17, 15) is 9.59 Å². The fraction of sp³-hybridized carbons (Fsp3) is 0.846. The average Bonchev–Trinajstić information content (AvgIpc) is 3.00. The average molecular weight is 252 g/mol. The van der Waals surface area contributed by atoms with Crippen LogP contribution < -0.4 is 5.32 Å². The third-order valence-electron chi connectivity index (χ3n) is 4.54. The standard InChI is InChI=1S/C13H20N2O3/c16-11-8-13(9-14-11)3-5-15(6-4-13)12(17)10-2-1-7-18-10/h10H,1-9H2,(H,14,16)/t10-/m0/s1.